The topological polar surface area (TPSA) is 30.5 Å². The first-order valence-corrected chi connectivity index (χ1v) is 6.38. The SMILES string of the molecule is C1CCC(CCOC2CCCOC2)NC1. The Balaban J connectivity index is 1.53. The van der Waals surface area contributed by atoms with Crippen molar-refractivity contribution in [3.63, 3.8) is 0 Å². The Bertz CT molecular complexity index is 145. The summed E-state index contributed by atoms with van der Waals surface area (Å²) >= 11 is 0. The Hall–Kier alpha value is -0.120. The first-order valence-electron chi connectivity index (χ1n) is 6.38. The second kappa shape index (κ2) is 6.46. The fraction of sp³-hybridized carbons (Fsp3) is 1.00. The molecule has 15 heavy (non-hydrogen) atoms. The number of hydrogen-bond acceptors (Lipinski definition) is 3. The highest BCUT2D eigenvalue weighted by atomic mass is 16.5. The van der Waals surface area contributed by atoms with Gasteiger partial charge in [-0.3, -0.25) is 0 Å². The fourth-order valence-corrected chi connectivity index (χ4v) is 2.39. The van der Waals surface area contributed by atoms with Gasteiger partial charge < -0.3 is 14.8 Å². The van der Waals surface area contributed by atoms with Crippen molar-refractivity contribution < 1.29 is 9.47 Å². The molecule has 2 fully saturated rings. The minimum Gasteiger partial charge on any atom is -0.379 e. The second-order valence-electron chi connectivity index (χ2n) is 4.65. The van der Waals surface area contributed by atoms with E-state index in [9.17, 15) is 0 Å². The van der Waals surface area contributed by atoms with E-state index < -0.39 is 0 Å². The van der Waals surface area contributed by atoms with E-state index in [-0.39, 0.29) is 0 Å². The van der Waals surface area contributed by atoms with Crippen LogP contribution in [-0.4, -0.2) is 38.5 Å². The maximum absolute atomic E-state index is 5.82. The Kier molecular flexibility index (Phi) is 4.90. The van der Waals surface area contributed by atoms with Crippen molar-refractivity contribution in [2.24, 2.45) is 0 Å². The predicted molar refractivity (Wildman–Crippen MR) is 60.1 cm³/mol. The molecule has 1 N–H and O–H groups in total. The molecule has 88 valence electrons. The van der Waals surface area contributed by atoms with E-state index >= 15 is 0 Å². The van der Waals surface area contributed by atoms with Crippen LogP contribution in [0.1, 0.15) is 38.5 Å². The van der Waals surface area contributed by atoms with Crippen LogP contribution in [-0.2, 0) is 9.47 Å². The lowest BCUT2D eigenvalue weighted by Gasteiger charge is -2.26. The molecule has 0 aliphatic carbocycles. The van der Waals surface area contributed by atoms with Crippen LogP contribution in [0.2, 0.25) is 0 Å². The van der Waals surface area contributed by atoms with E-state index in [4.69, 9.17) is 9.47 Å². The number of piperidine rings is 1. The molecule has 3 nitrogen and oxygen atoms in total. The van der Waals surface area contributed by atoms with Crippen molar-refractivity contribution in [2.75, 3.05) is 26.4 Å². The molecule has 0 saturated carbocycles. The number of nitrogens with one attached hydrogen (secondary N) is 1. The highest BCUT2D eigenvalue weighted by molar-refractivity contribution is 4.72. The summed E-state index contributed by atoms with van der Waals surface area (Å²) in [5.41, 5.74) is 0. The molecule has 2 aliphatic rings. The molecular formula is C12H23NO2. The van der Waals surface area contributed by atoms with Gasteiger partial charge in [0.15, 0.2) is 0 Å². The van der Waals surface area contributed by atoms with Gasteiger partial charge in [-0.1, -0.05) is 6.42 Å². The van der Waals surface area contributed by atoms with Crippen molar-refractivity contribution in [1.82, 2.24) is 5.32 Å². The van der Waals surface area contributed by atoms with Crippen LogP contribution in [0.4, 0.5) is 0 Å². The molecule has 2 heterocycles. The van der Waals surface area contributed by atoms with Crippen molar-refractivity contribution in [2.45, 2.75) is 50.7 Å². The average Bonchev–Trinajstić information content (AvgIpc) is 2.32. The van der Waals surface area contributed by atoms with Gasteiger partial charge in [0.05, 0.1) is 12.7 Å². The third-order valence-corrected chi connectivity index (χ3v) is 3.35. The highest BCUT2D eigenvalue weighted by Gasteiger charge is 2.16. The first-order chi connectivity index (χ1) is 7.45. The first kappa shape index (κ1) is 11.4. The molecule has 2 rings (SSSR count). The smallest absolute Gasteiger partial charge is 0.0809 e. The Morgan fingerprint density at radius 1 is 1.20 bits per heavy atom. The van der Waals surface area contributed by atoms with E-state index in [1.165, 1.54) is 32.2 Å². The lowest BCUT2D eigenvalue weighted by atomic mass is 10.0. The van der Waals surface area contributed by atoms with Crippen molar-refractivity contribution >= 4 is 0 Å². The summed E-state index contributed by atoms with van der Waals surface area (Å²) in [7, 11) is 0. The minimum absolute atomic E-state index is 0.363. The Morgan fingerprint density at radius 3 is 2.93 bits per heavy atom. The van der Waals surface area contributed by atoms with Crippen LogP contribution in [0.3, 0.4) is 0 Å². The molecule has 3 heteroatoms. The second-order valence-corrected chi connectivity index (χ2v) is 4.65. The minimum atomic E-state index is 0.363. The average molecular weight is 213 g/mol. The normalized spacial score (nSPS) is 32.8. The van der Waals surface area contributed by atoms with Crippen LogP contribution in [0.25, 0.3) is 0 Å². The molecule has 0 aromatic carbocycles. The van der Waals surface area contributed by atoms with E-state index in [0.717, 1.165) is 32.7 Å². The van der Waals surface area contributed by atoms with Gasteiger partial charge in [0.1, 0.15) is 0 Å². The Labute approximate surface area is 92.5 Å². The monoisotopic (exact) mass is 213 g/mol. The zero-order valence-corrected chi connectivity index (χ0v) is 9.54. The summed E-state index contributed by atoms with van der Waals surface area (Å²) in [5, 5.41) is 3.55. The van der Waals surface area contributed by atoms with Crippen molar-refractivity contribution in [3.8, 4) is 0 Å². The van der Waals surface area contributed by atoms with Gasteiger partial charge in [-0.2, -0.15) is 0 Å². The van der Waals surface area contributed by atoms with Crippen LogP contribution in [0.15, 0.2) is 0 Å². The molecule has 2 unspecified atom stereocenters. The van der Waals surface area contributed by atoms with Crippen LogP contribution >= 0.6 is 0 Å². The third-order valence-electron chi connectivity index (χ3n) is 3.35. The lowest BCUT2D eigenvalue weighted by molar-refractivity contribution is -0.0521. The Morgan fingerprint density at radius 2 is 2.20 bits per heavy atom. The molecular weight excluding hydrogens is 190 g/mol. The van der Waals surface area contributed by atoms with Crippen LogP contribution in [0.5, 0.6) is 0 Å². The molecule has 0 spiro atoms. The zero-order chi connectivity index (χ0) is 10.3. The highest BCUT2D eigenvalue weighted by Crippen LogP contribution is 2.13. The van der Waals surface area contributed by atoms with E-state index in [1.807, 2.05) is 0 Å². The van der Waals surface area contributed by atoms with E-state index in [2.05, 4.69) is 5.32 Å². The molecule has 2 atom stereocenters. The molecule has 0 bridgehead atoms. The van der Waals surface area contributed by atoms with Gasteiger partial charge >= 0.3 is 0 Å². The summed E-state index contributed by atoms with van der Waals surface area (Å²) in [6.07, 6.45) is 7.91. The molecule has 0 radical (unpaired) electrons. The summed E-state index contributed by atoms with van der Waals surface area (Å²) in [6.45, 7) is 3.81. The summed E-state index contributed by atoms with van der Waals surface area (Å²) in [4.78, 5) is 0. The van der Waals surface area contributed by atoms with Gasteiger partial charge in [0.25, 0.3) is 0 Å². The predicted octanol–water partition coefficient (Wildman–Crippen LogP) is 1.71. The van der Waals surface area contributed by atoms with Crippen molar-refractivity contribution in [3.05, 3.63) is 0 Å². The molecule has 2 saturated heterocycles. The number of rotatable bonds is 4. The van der Waals surface area contributed by atoms with Gasteiger partial charge in [-0.05, 0) is 38.6 Å². The maximum Gasteiger partial charge on any atom is 0.0809 e. The summed E-state index contributed by atoms with van der Waals surface area (Å²) < 4.78 is 11.2. The molecule has 2 aliphatic heterocycles. The van der Waals surface area contributed by atoms with Gasteiger partial charge in [-0.25, -0.2) is 0 Å². The maximum atomic E-state index is 5.82. The third kappa shape index (κ3) is 4.09. The van der Waals surface area contributed by atoms with Gasteiger partial charge in [0, 0.05) is 19.3 Å². The van der Waals surface area contributed by atoms with Crippen LogP contribution in [0, 0.1) is 0 Å². The summed E-state index contributed by atoms with van der Waals surface area (Å²) in [6, 6.07) is 0.697. The quantitative estimate of drug-likeness (QED) is 0.771. The molecule has 0 aromatic rings. The van der Waals surface area contributed by atoms with Crippen LogP contribution < -0.4 is 5.32 Å². The lowest BCUT2D eigenvalue weighted by Crippen LogP contribution is -2.35. The number of hydrogen-bond donors (Lipinski definition) is 1. The van der Waals surface area contributed by atoms with E-state index in [1.54, 1.807) is 0 Å². The van der Waals surface area contributed by atoms with Crippen molar-refractivity contribution in [1.29, 1.82) is 0 Å². The van der Waals surface area contributed by atoms with Gasteiger partial charge in [0.2, 0.25) is 0 Å². The number of ether oxygens (including phenoxy) is 2. The molecule has 0 aromatic heterocycles. The largest absolute Gasteiger partial charge is 0.379 e. The zero-order valence-electron chi connectivity index (χ0n) is 9.54. The van der Waals surface area contributed by atoms with E-state index in [0.29, 0.717) is 12.1 Å². The fourth-order valence-electron chi connectivity index (χ4n) is 2.39. The molecule has 0 amide bonds. The standard InChI is InChI=1S/C12H23NO2/c1-2-7-13-11(4-1)6-9-15-12-5-3-8-14-10-12/h11-13H,1-10H2. The summed E-state index contributed by atoms with van der Waals surface area (Å²) in [5.74, 6) is 0. The van der Waals surface area contributed by atoms with Gasteiger partial charge in [-0.15, -0.1) is 0 Å².